The Hall–Kier alpha value is -0.930. The molecule has 1 heterocycles. The van der Waals surface area contributed by atoms with E-state index in [9.17, 15) is 10.2 Å². The Balaban J connectivity index is 1.35. The molecule has 4 aliphatic rings. The van der Waals surface area contributed by atoms with Gasteiger partial charge in [0.2, 0.25) is 0 Å². The molecular weight excluding hydrogens is 394 g/mol. The molecule has 0 radical (unpaired) electrons. The van der Waals surface area contributed by atoms with Crippen LogP contribution >= 0.6 is 0 Å². The maximum atomic E-state index is 11.2. The lowest BCUT2D eigenvalue weighted by Crippen LogP contribution is -2.56. The van der Waals surface area contributed by atoms with Crippen LogP contribution in [0.2, 0.25) is 0 Å². The summed E-state index contributed by atoms with van der Waals surface area (Å²) >= 11 is 0. The van der Waals surface area contributed by atoms with Gasteiger partial charge < -0.3 is 10.2 Å². The Kier molecular flexibility index (Phi) is 5.77. The molecule has 32 heavy (non-hydrogen) atoms. The Morgan fingerprint density at radius 1 is 1.03 bits per heavy atom. The van der Waals surface area contributed by atoms with Crippen LogP contribution in [0.5, 0.6) is 0 Å². The van der Waals surface area contributed by atoms with E-state index < -0.39 is 11.7 Å². The molecule has 3 nitrogen and oxygen atoms in total. The number of hydrogen-bond acceptors (Lipinski definition) is 3. The summed E-state index contributed by atoms with van der Waals surface area (Å²) in [5.74, 6) is 4.04. The van der Waals surface area contributed by atoms with Gasteiger partial charge in [-0.1, -0.05) is 33.8 Å². The van der Waals surface area contributed by atoms with Crippen LogP contribution in [0.3, 0.4) is 0 Å². The molecule has 2 unspecified atom stereocenters. The first kappa shape index (κ1) is 22.8. The topological polar surface area (TPSA) is 53.4 Å². The first-order valence-electron chi connectivity index (χ1n) is 13.5. The minimum atomic E-state index is -0.416. The van der Waals surface area contributed by atoms with Crippen LogP contribution in [0, 0.1) is 46.3 Å². The second kappa shape index (κ2) is 8.08. The Morgan fingerprint density at radius 3 is 2.53 bits per heavy atom. The molecule has 0 bridgehead atoms. The number of nitrogens with zero attached hydrogens (tertiary/aromatic N) is 1. The summed E-state index contributed by atoms with van der Waals surface area (Å²) in [7, 11) is 0. The average molecular weight is 440 g/mol. The summed E-state index contributed by atoms with van der Waals surface area (Å²) < 4.78 is 0. The monoisotopic (exact) mass is 439 g/mol. The number of hydrogen-bond donors (Lipinski definition) is 2. The third-order valence-electron chi connectivity index (χ3n) is 11.7. The smallest absolute Gasteiger partial charge is 0.0833 e. The van der Waals surface area contributed by atoms with Crippen molar-refractivity contribution >= 4 is 0 Å². The Bertz CT molecular complexity index is 813. The predicted molar refractivity (Wildman–Crippen MR) is 129 cm³/mol. The van der Waals surface area contributed by atoms with E-state index in [1.165, 1.54) is 44.9 Å². The largest absolute Gasteiger partial charge is 0.390 e. The molecule has 0 spiro atoms. The molecule has 0 aromatic carbocycles. The number of fused-ring (bicyclic) bond motifs is 5. The van der Waals surface area contributed by atoms with Gasteiger partial charge in [0.05, 0.1) is 11.7 Å². The minimum Gasteiger partial charge on any atom is -0.390 e. The molecule has 0 saturated heterocycles. The van der Waals surface area contributed by atoms with Gasteiger partial charge in [-0.2, -0.15) is 0 Å². The molecule has 0 aliphatic heterocycles. The lowest BCUT2D eigenvalue weighted by Gasteiger charge is -2.62. The van der Waals surface area contributed by atoms with Crippen LogP contribution < -0.4 is 0 Å². The van der Waals surface area contributed by atoms with Gasteiger partial charge in [0.1, 0.15) is 0 Å². The second-order valence-corrected chi connectivity index (χ2v) is 12.8. The summed E-state index contributed by atoms with van der Waals surface area (Å²) in [6, 6.07) is 3.97. The van der Waals surface area contributed by atoms with Crippen molar-refractivity contribution in [2.24, 2.45) is 46.3 Å². The summed E-state index contributed by atoms with van der Waals surface area (Å²) in [5.41, 5.74) is 1.34. The Morgan fingerprint density at radius 2 is 1.81 bits per heavy atom. The lowest BCUT2D eigenvalue weighted by atomic mass is 9.43. The van der Waals surface area contributed by atoms with Gasteiger partial charge >= 0.3 is 0 Å². The second-order valence-electron chi connectivity index (χ2n) is 12.8. The van der Waals surface area contributed by atoms with Crippen LogP contribution in [0.25, 0.3) is 0 Å². The van der Waals surface area contributed by atoms with Gasteiger partial charge in [-0.3, -0.25) is 4.98 Å². The third-order valence-corrected chi connectivity index (χ3v) is 11.7. The molecule has 2 N–H and O–H groups in total. The van der Waals surface area contributed by atoms with Crippen LogP contribution in [0.15, 0.2) is 24.5 Å². The standard InChI is InChI=1S/C29H45NO2/c1-5-29(32)15-14-27(3)21(17-29)8-9-22-24-11-10-23(28(24,4)13-12-25(22)27)19(2)26(31)20-7-6-16-30-18-20/h6-7,16,18-19,21-26,31-32H,5,8-15,17H2,1-4H3/t19-,21-,22-,23+,24-,25?,26+,27-,28?,29-/m0/s1. The number of rotatable bonds is 4. The van der Waals surface area contributed by atoms with Gasteiger partial charge in [-0.05, 0) is 122 Å². The summed E-state index contributed by atoms with van der Waals surface area (Å²) in [4.78, 5) is 4.25. The highest BCUT2D eigenvalue weighted by molar-refractivity contribution is 5.16. The van der Waals surface area contributed by atoms with Crippen molar-refractivity contribution < 1.29 is 10.2 Å². The maximum Gasteiger partial charge on any atom is 0.0833 e. The van der Waals surface area contributed by atoms with E-state index >= 15 is 0 Å². The zero-order chi connectivity index (χ0) is 22.7. The summed E-state index contributed by atoms with van der Waals surface area (Å²) in [6.07, 6.45) is 15.3. The zero-order valence-corrected chi connectivity index (χ0v) is 20.8. The van der Waals surface area contributed by atoms with Crippen molar-refractivity contribution in [2.45, 2.75) is 104 Å². The van der Waals surface area contributed by atoms with Crippen molar-refractivity contribution in [3.8, 4) is 0 Å². The first-order chi connectivity index (χ1) is 15.2. The molecule has 1 aromatic rings. The third kappa shape index (κ3) is 3.40. The van der Waals surface area contributed by atoms with E-state index in [1.807, 2.05) is 18.3 Å². The van der Waals surface area contributed by atoms with Crippen LogP contribution in [-0.2, 0) is 0 Å². The number of pyridine rings is 1. The molecular formula is C29H45NO2. The van der Waals surface area contributed by atoms with Gasteiger partial charge in [0.15, 0.2) is 0 Å². The normalized spacial score (nSPS) is 47.8. The molecule has 3 heteroatoms. The average Bonchev–Trinajstić information content (AvgIpc) is 3.16. The van der Waals surface area contributed by atoms with Crippen molar-refractivity contribution in [1.82, 2.24) is 4.98 Å². The SMILES string of the molecule is CC[C@]1(O)CC[C@]2(C)C3CCC4(C)[C@@H]([C@H](C)[C@@H](O)c5cccnc5)CC[C@H]4[C@@H]3CC[C@H]2C1. The van der Waals surface area contributed by atoms with Crippen molar-refractivity contribution in [1.29, 1.82) is 0 Å². The molecule has 4 saturated carbocycles. The van der Waals surface area contributed by atoms with Crippen molar-refractivity contribution in [3.63, 3.8) is 0 Å². The minimum absolute atomic E-state index is 0.270. The fourth-order valence-corrected chi connectivity index (χ4v) is 9.62. The fourth-order valence-electron chi connectivity index (χ4n) is 9.62. The Labute approximate surface area is 195 Å². The van der Waals surface area contributed by atoms with Crippen molar-refractivity contribution in [2.75, 3.05) is 0 Å². The lowest BCUT2D eigenvalue weighted by molar-refractivity contribution is -0.154. The summed E-state index contributed by atoms with van der Waals surface area (Å²) in [5, 5.41) is 22.2. The molecule has 4 aliphatic carbocycles. The first-order valence-corrected chi connectivity index (χ1v) is 13.5. The van der Waals surface area contributed by atoms with Gasteiger partial charge in [0.25, 0.3) is 0 Å². The quantitative estimate of drug-likeness (QED) is 0.559. The number of aromatic nitrogens is 1. The maximum absolute atomic E-state index is 11.2. The predicted octanol–water partition coefficient (Wildman–Crippen LogP) is 6.55. The fraction of sp³-hybridized carbons (Fsp3) is 0.828. The summed E-state index contributed by atoms with van der Waals surface area (Å²) in [6.45, 7) is 9.61. The van der Waals surface area contributed by atoms with Crippen LogP contribution in [-0.4, -0.2) is 20.8 Å². The van der Waals surface area contributed by atoms with E-state index in [2.05, 4.69) is 32.7 Å². The van der Waals surface area contributed by atoms with Gasteiger partial charge in [-0.15, -0.1) is 0 Å². The number of aliphatic hydroxyl groups excluding tert-OH is 1. The molecule has 178 valence electrons. The molecule has 10 atom stereocenters. The molecule has 0 amide bonds. The molecule has 1 aromatic heterocycles. The van der Waals surface area contributed by atoms with E-state index in [0.29, 0.717) is 22.7 Å². The highest BCUT2D eigenvalue weighted by Gasteiger charge is 2.61. The van der Waals surface area contributed by atoms with Crippen LogP contribution in [0.1, 0.15) is 104 Å². The van der Waals surface area contributed by atoms with E-state index in [1.54, 1.807) is 6.20 Å². The number of aliphatic hydroxyl groups is 2. The zero-order valence-electron chi connectivity index (χ0n) is 20.8. The molecule has 5 rings (SSSR count). The van der Waals surface area contributed by atoms with E-state index in [0.717, 1.165) is 42.6 Å². The highest BCUT2D eigenvalue weighted by Crippen LogP contribution is 2.69. The van der Waals surface area contributed by atoms with Gasteiger partial charge in [0, 0.05) is 12.4 Å². The van der Waals surface area contributed by atoms with E-state index in [4.69, 9.17) is 0 Å². The highest BCUT2D eigenvalue weighted by atomic mass is 16.3. The van der Waals surface area contributed by atoms with Gasteiger partial charge in [-0.25, -0.2) is 0 Å². The van der Waals surface area contributed by atoms with Crippen LogP contribution in [0.4, 0.5) is 0 Å². The van der Waals surface area contributed by atoms with E-state index in [-0.39, 0.29) is 5.92 Å². The van der Waals surface area contributed by atoms with Crippen molar-refractivity contribution in [3.05, 3.63) is 30.1 Å². The molecule has 4 fully saturated rings.